The molecule has 4 heteroatoms. The highest BCUT2D eigenvalue weighted by molar-refractivity contribution is 6.42. The van der Waals surface area contributed by atoms with E-state index in [9.17, 15) is 0 Å². The van der Waals surface area contributed by atoms with Gasteiger partial charge in [-0.25, -0.2) is 0 Å². The van der Waals surface area contributed by atoms with E-state index in [0.717, 1.165) is 5.56 Å². The first kappa shape index (κ1) is 10.8. The Morgan fingerprint density at radius 1 is 1.38 bits per heavy atom. The molecule has 1 aromatic carbocycles. The fraction of sp³-hybridized carbons (Fsp3) is 0.333. The van der Waals surface area contributed by atoms with Crippen LogP contribution in [0.1, 0.15) is 18.5 Å². The molecule has 1 aromatic rings. The molecular formula is C9H11Cl2NO. The van der Waals surface area contributed by atoms with Crippen LogP contribution >= 0.6 is 23.2 Å². The van der Waals surface area contributed by atoms with Crippen molar-refractivity contribution in [3.8, 4) is 0 Å². The molecule has 1 atom stereocenters. The fourth-order valence-corrected chi connectivity index (χ4v) is 1.57. The van der Waals surface area contributed by atoms with E-state index in [4.69, 9.17) is 28.0 Å². The molecule has 0 spiro atoms. The molecule has 72 valence electrons. The van der Waals surface area contributed by atoms with Gasteiger partial charge in [-0.05, 0) is 18.6 Å². The molecule has 2 nitrogen and oxygen atoms in total. The molecule has 0 saturated heterocycles. The summed E-state index contributed by atoms with van der Waals surface area (Å²) in [6, 6.07) is 5.55. The van der Waals surface area contributed by atoms with Gasteiger partial charge in [0, 0.05) is 0 Å². The van der Waals surface area contributed by atoms with Gasteiger partial charge in [-0.3, -0.25) is 0 Å². The fourth-order valence-electron chi connectivity index (χ4n) is 1.10. The molecule has 0 radical (unpaired) electrons. The third-order valence-electron chi connectivity index (χ3n) is 1.74. The van der Waals surface area contributed by atoms with Crippen LogP contribution in [0.25, 0.3) is 0 Å². The van der Waals surface area contributed by atoms with Gasteiger partial charge in [-0.15, -0.1) is 0 Å². The van der Waals surface area contributed by atoms with Gasteiger partial charge in [-0.1, -0.05) is 35.3 Å². The van der Waals surface area contributed by atoms with Gasteiger partial charge < -0.3 is 4.84 Å². The number of rotatable bonds is 3. The first-order valence-electron chi connectivity index (χ1n) is 3.89. The standard InChI is InChI=1S/C9H11Cl2NO/c1-6(12-13-2)7-4-3-5-8(10)9(7)11/h3-6,12H,1-2H3. The van der Waals surface area contributed by atoms with Crippen LogP contribution in [0, 0.1) is 0 Å². The van der Waals surface area contributed by atoms with Gasteiger partial charge in [0.25, 0.3) is 0 Å². The first-order chi connectivity index (χ1) is 6.16. The van der Waals surface area contributed by atoms with Gasteiger partial charge >= 0.3 is 0 Å². The zero-order valence-corrected chi connectivity index (χ0v) is 8.99. The van der Waals surface area contributed by atoms with Crippen molar-refractivity contribution in [1.29, 1.82) is 0 Å². The SMILES string of the molecule is CONC(C)c1cccc(Cl)c1Cl. The van der Waals surface area contributed by atoms with Crippen LogP contribution in [-0.2, 0) is 4.84 Å². The van der Waals surface area contributed by atoms with Crippen LogP contribution in [0.3, 0.4) is 0 Å². The molecular weight excluding hydrogens is 209 g/mol. The lowest BCUT2D eigenvalue weighted by molar-refractivity contribution is 0.0659. The molecule has 0 saturated carbocycles. The van der Waals surface area contributed by atoms with Gasteiger partial charge in [0.05, 0.1) is 23.2 Å². The summed E-state index contributed by atoms with van der Waals surface area (Å²) in [5.74, 6) is 0. The summed E-state index contributed by atoms with van der Waals surface area (Å²) in [6.45, 7) is 1.95. The van der Waals surface area contributed by atoms with Crippen molar-refractivity contribution in [2.24, 2.45) is 0 Å². The second-order valence-corrected chi connectivity index (χ2v) is 3.47. The Hall–Kier alpha value is -0.280. The van der Waals surface area contributed by atoms with Crippen LogP contribution in [-0.4, -0.2) is 7.11 Å². The van der Waals surface area contributed by atoms with Gasteiger partial charge in [0.1, 0.15) is 0 Å². The number of benzene rings is 1. The van der Waals surface area contributed by atoms with Gasteiger partial charge in [0.15, 0.2) is 0 Å². The monoisotopic (exact) mass is 219 g/mol. The Labute approximate surface area is 87.8 Å². The molecule has 0 bridgehead atoms. The second-order valence-electron chi connectivity index (χ2n) is 2.69. The summed E-state index contributed by atoms with van der Waals surface area (Å²) in [6.07, 6.45) is 0. The number of halogens is 2. The van der Waals surface area contributed by atoms with Crippen LogP contribution in [0.4, 0.5) is 0 Å². The van der Waals surface area contributed by atoms with Gasteiger partial charge in [-0.2, -0.15) is 5.48 Å². The lowest BCUT2D eigenvalue weighted by Crippen LogP contribution is -2.17. The van der Waals surface area contributed by atoms with E-state index >= 15 is 0 Å². The minimum atomic E-state index is 0.0243. The molecule has 0 aliphatic carbocycles. The highest BCUT2D eigenvalue weighted by atomic mass is 35.5. The van der Waals surface area contributed by atoms with E-state index in [0.29, 0.717) is 10.0 Å². The van der Waals surface area contributed by atoms with E-state index in [2.05, 4.69) is 5.48 Å². The number of hydrogen-bond donors (Lipinski definition) is 1. The Morgan fingerprint density at radius 2 is 2.08 bits per heavy atom. The molecule has 0 heterocycles. The predicted molar refractivity (Wildman–Crippen MR) is 55.0 cm³/mol. The summed E-state index contributed by atoms with van der Waals surface area (Å²) < 4.78 is 0. The lowest BCUT2D eigenvalue weighted by atomic mass is 10.1. The average Bonchev–Trinajstić information content (AvgIpc) is 2.10. The summed E-state index contributed by atoms with van der Waals surface area (Å²) in [5.41, 5.74) is 3.71. The molecule has 0 aromatic heterocycles. The molecule has 0 fully saturated rings. The van der Waals surface area contributed by atoms with Crippen LogP contribution in [0.15, 0.2) is 18.2 Å². The van der Waals surface area contributed by atoms with Gasteiger partial charge in [0.2, 0.25) is 0 Å². The summed E-state index contributed by atoms with van der Waals surface area (Å²) >= 11 is 11.9. The van der Waals surface area contributed by atoms with Crippen LogP contribution < -0.4 is 5.48 Å². The van der Waals surface area contributed by atoms with E-state index in [1.807, 2.05) is 19.1 Å². The predicted octanol–water partition coefficient (Wildman–Crippen LogP) is 3.21. The van der Waals surface area contributed by atoms with Crippen LogP contribution in [0.2, 0.25) is 10.0 Å². The molecule has 1 N–H and O–H groups in total. The third-order valence-corrected chi connectivity index (χ3v) is 2.58. The highest BCUT2D eigenvalue weighted by Crippen LogP contribution is 2.29. The van der Waals surface area contributed by atoms with Crippen molar-refractivity contribution in [1.82, 2.24) is 5.48 Å². The second kappa shape index (κ2) is 4.82. The van der Waals surface area contributed by atoms with Crippen molar-refractivity contribution in [3.63, 3.8) is 0 Å². The van der Waals surface area contributed by atoms with E-state index in [1.54, 1.807) is 13.2 Å². The Balaban J connectivity index is 2.93. The maximum absolute atomic E-state index is 6.00. The van der Waals surface area contributed by atoms with Crippen molar-refractivity contribution < 1.29 is 4.84 Å². The summed E-state index contributed by atoms with van der Waals surface area (Å²) in [5, 5.41) is 1.13. The topological polar surface area (TPSA) is 21.3 Å². The maximum atomic E-state index is 6.00. The molecule has 1 unspecified atom stereocenters. The minimum absolute atomic E-state index is 0.0243. The van der Waals surface area contributed by atoms with E-state index in [1.165, 1.54) is 0 Å². The quantitative estimate of drug-likeness (QED) is 0.789. The summed E-state index contributed by atoms with van der Waals surface area (Å²) in [7, 11) is 1.56. The average molecular weight is 220 g/mol. The Morgan fingerprint density at radius 3 is 2.69 bits per heavy atom. The molecule has 1 rings (SSSR count). The zero-order chi connectivity index (χ0) is 9.84. The van der Waals surface area contributed by atoms with E-state index in [-0.39, 0.29) is 6.04 Å². The van der Waals surface area contributed by atoms with E-state index < -0.39 is 0 Å². The molecule has 0 aliphatic heterocycles. The normalized spacial score (nSPS) is 12.9. The number of nitrogens with one attached hydrogen (secondary N) is 1. The molecule has 13 heavy (non-hydrogen) atoms. The number of hydroxylamine groups is 1. The summed E-state index contributed by atoms with van der Waals surface area (Å²) in [4.78, 5) is 4.80. The smallest absolute Gasteiger partial charge is 0.0640 e. The highest BCUT2D eigenvalue weighted by Gasteiger charge is 2.10. The zero-order valence-electron chi connectivity index (χ0n) is 7.47. The molecule has 0 amide bonds. The van der Waals surface area contributed by atoms with Crippen molar-refractivity contribution in [2.75, 3.05) is 7.11 Å². The van der Waals surface area contributed by atoms with Crippen LogP contribution in [0.5, 0.6) is 0 Å². The van der Waals surface area contributed by atoms with Crippen molar-refractivity contribution in [2.45, 2.75) is 13.0 Å². The minimum Gasteiger partial charge on any atom is -0.305 e. The first-order valence-corrected chi connectivity index (χ1v) is 4.64. The molecule has 0 aliphatic rings. The van der Waals surface area contributed by atoms with Crippen molar-refractivity contribution >= 4 is 23.2 Å². The van der Waals surface area contributed by atoms with Crippen molar-refractivity contribution in [3.05, 3.63) is 33.8 Å². The Kier molecular flexibility index (Phi) is 4.00. The largest absolute Gasteiger partial charge is 0.305 e. The number of hydrogen-bond acceptors (Lipinski definition) is 2. The Bertz CT molecular complexity index is 291. The maximum Gasteiger partial charge on any atom is 0.0640 e. The lowest BCUT2D eigenvalue weighted by Gasteiger charge is -2.14. The third kappa shape index (κ3) is 2.58.